The van der Waals surface area contributed by atoms with Crippen molar-refractivity contribution in [3.63, 3.8) is 0 Å². The maximum absolute atomic E-state index is 13.6. The lowest BCUT2D eigenvalue weighted by Gasteiger charge is -2.33. The van der Waals surface area contributed by atoms with Crippen LogP contribution in [0.1, 0.15) is 37.8 Å². The summed E-state index contributed by atoms with van der Waals surface area (Å²) < 4.78 is 27.2. The van der Waals surface area contributed by atoms with E-state index in [4.69, 9.17) is 11.6 Å². The van der Waals surface area contributed by atoms with Crippen molar-refractivity contribution in [2.24, 2.45) is 0 Å². The van der Waals surface area contributed by atoms with Gasteiger partial charge in [-0.3, -0.25) is 13.9 Å². The summed E-state index contributed by atoms with van der Waals surface area (Å²) in [5, 5.41) is 3.41. The zero-order valence-corrected chi connectivity index (χ0v) is 23.0. The highest BCUT2D eigenvalue weighted by molar-refractivity contribution is 9.10. The van der Waals surface area contributed by atoms with Crippen molar-refractivity contribution in [1.82, 2.24) is 10.2 Å². The van der Waals surface area contributed by atoms with Crippen LogP contribution < -0.4 is 9.62 Å². The van der Waals surface area contributed by atoms with Gasteiger partial charge in [-0.2, -0.15) is 0 Å². The normalized spacial score (nSPS) is 12.2. The molecular weight excluding hydrogens is 542 g/mol. The standard InChI is InChI=1S/C24H31BrClN3O4S/c1-5-13-27-24(31)22(6-2)28(15-18-7-9-19(26)10-8-18)23(30)16-29(34(4,32)33)20-11-12-21(25)17(3)14-20/h7-12,14,22H,5-6,13,15-16H2,1-4H3,(H,27,31)/t22-/m0/s1. The average molecular weight is 573 g/mol. The fourth-order valence-electron chi connectivity index (χ4n) is 3.47. The molecule has 0 unspecified atom stereocenters. The number of carbonyl (C=O) groups excluding carboxylic acids is 2. The lowest BCUT2D eigenvalue weighted by atomic mass is 10.1. The van der Waals surface area contributed by atoms with Crippen molar-refractivity contribution in [3.05, 3.63) is 63.1 Å². The maximum atomic E-state index is 13.6. The van der Waals surface area contributed by atoms with E-state index in [1.165, 1.54) is 4.90 Å². The molecule has 2 aromatic rings. The summed E-state index contributed by atoms with van der Waals surface area (Å²) >= 11 is 9.41. The zero-order valence-electron chi connectivity index (χ0n) is 19.8. The summed E-state index contributed by atoms with van der Waals surface area (Å²) in [6, 6.07) is 11.3. The van der Waals surface area contributed by atoms with Crippen molar-refractivity contribution >= 4 is 55.1 Å². The van der Waals surface area contributed by atoms with Crippen LogP contribution in [0.15, 0.2) is 46.9 Å². The Kier molecular flexibility index (Phi) is 10.4. The minimum atomic E-state index is -3.77. The van der Waals surface area contributed by atoms with E-state index in [1.54, 1.807) is 42.5 Å². The molecule has 0 heterocycles. The SMILES string of the molecule is CCCNC(=O)[C@H](CC)N(Cc1ccc(Cl)cc1)C(=O)CN(c1ccc(Br)c(C)c1)S(C)(=O)=O. The highest BCUT2D eigenvalue weighted by atomic mass is 79.9. The first-order valence-electron chi connectivity index (χ1n) is 11.0. The number of anilines is 1. The van der Waals surface area contributed by atoms with Crippen LogP contribution in [0.25, 0.3) is 0 Å². The second kappa shape index (κ2) is 12.6. The van der Waals surface area contributed by atoms with Gasteiger partial charge in [-0.15, -0.1) is 0 Å². The maximum Gasteiger partial charge on any atom is 0.244 e. The summed E-state index contributed by atoms with van der Waals surface area (Å²) in [4.78, 5) is 27.9. The lowest BCUT2D eigenvalue weighted by molar-refractivity contribution is -0.140. The Morgan fingerprint density at radius 3 is 2.29 bits per heavy atom. The molecule has 7 nitrogen and oxygen atoms in total. The highest BCUT2D eigenvalue weighted by Crippen LogP contribution is 2.25. The van der Waals surface area contributed by atoms with Gasteiger partial charge in [-0.05, 0) is 61.2 Å². The quantitative estimate of drug-likeness (QED) is 0.429. The van der Waals surface area contributed by atoms with Crippen molar-refractivity contribution in [1.29, 1.82) is 0 Å². The van der Waals surface area contributed by atoms with Crippen molar-refractivity contribution in [2.75, 3.05) is 23.7 Å². The Hall–Kier alpha value is -2.10. The van der Waals surface area contributed by atoms with E-state index >= 15 is 0 Å². The van der Waals surface area contributed by atoms with Crippen LogP contribution in [-0.2, 0) is 26.2 Å². The van der Waals surface area contributed by atoms with Crippen LogP contribution in [0.5, 0.6) is 0 Å². The first-order chi connectivity index (χ1) is 16.0. The Morgan fingerprint density at radius 2 is 1.76 bits per heavy atom. The number of carbonyl (C=O) groups is 2. The largest absolute Gasteiger partial charge is 0.354 e. The van der Waals surface area contributed by atoms with E-state index in [1.807, 2.05) is 20.8 Å². The molecule has 0 aliphatic rings. The lowest BCUT2D eigenvalue weighted by Crippen LogP contribution is -2.52. The molecule has 0 aliphatic carbocycles. The molecule has 0 fully saturated rings. The summed E-state index contributed by atoms with van der Waals surface area (Å²) in [7, 11) is -3.77. The predicted octanol–water partition coefficient (Wildman–Crippen LogP) is 4.51. The van der Waals surface area contributed by atoms with E-state index in [0.717, 1.165) is 32.6 Å². The van der Waals surface area contributed by atoms with E-state index in [0.29, 0.717) is 23.7 Å². The molecule has 0 saturated heterocycles. The topological polar surface area (TPSA) is 86.8 Å². The van der Waals surface area contributed by atoms with Gasteiger partial charge in [0.2, 0.25) is 21.8 Å². The monoisotopic (exact) mass is 571 g/mol. The minimum Gasteiger partial charge on any atom is -0.354 e. The number of amides is 2. The van der Waals surface area contributed by atoms with Crippen molar-refractivity contribution in [2.45, 2.75) is 46.2 Å². The van der Waals surface area contributed by atoms with Gasteiger partial charge >= 0.3 is 0 Å². The zero-order chi connectivity index (χ0) is 25.5. The molecule has 2 aromatic carbocycles. The third-order valence-electron chi connectivity index (χ3n) is 5.31. The predicted molar refractivity (Wildman–Crippen MR) is 140 cm³/mol. The first-order valence-corrected chi connectivity index (χ1v) is 14.0. The average Bonchev–Trinajstić information content (AvgIpc) is 2.78. The Morgan fingerprint density at radius 1 is 1.12 bits per heavy atom. The molecule has 0 aromatic heterocycles. The molecule has 1 atom stereocenters. The van der Waals surface area contributed by atoms with Crippen LogP contribution in [0, 0.1) is 6.92 Å². The summed E-state index contributed by atoms with van der Waals surface area (Å²) in [5.41, 5.74) is 2.00. The van der Waals surface area contributed by atoms with Gasteiger partial charge in [0.05, 0.1) is 11.9 Å². The van der Waals surface area contributed by atoms with E-state index in [9.17, 15) is 18.0 Å². The number of hydrogen-bond acceptors (Lipinski definition) is 4. The number of rotatable bonds is 11. The molecule has 2 rings (SSSR count). The van der Waals surface area contributed by atoms with Gasteiger partial charge in [-0.1, -0.05) is 53.5 Å². The van der Waals surface area contributed by atoms with Crippen molar-refractivity contribution < 1.29 is 18.0 Å². The molecule has 1 N–H and O–H groups in total. The fourth-order valence-corrected chi connectivity index (χ4v) is 4.68. The molecule has 10 heteroatoms. The second-order valence-electron chi connectivity index (χ2n) is 8.07. The summed E-state index contributed by atoms with van der Waals surface area (Å²) in [5.74, 6) is -0.739. The van der Waals surface area contributed by atoms with Crippen LogP contribution >= 0.6 is 27.5 Å². The van der Waals surface area contributed by atoms with Gasteiger partial charge in [0.15, 0.2) is 0 Å². The number of nitrogens with zero attached hydrogens (tertiary/aromatic N) is 2. The molecule has 2 amide bonds. The molecule has 0 saturated carbocycles. The van der Waals surface area contributed by atoms with Gasteiger partial charge in [-0.25, -0.2) is 8.42 Å². The summed E-state index contributed by atoms with van der Waals surface area (Å²) in [6.07, 6.45) is 2.20. The van der Waals surface area contributed by atoms with E-state index in [2.05, 4.69) is 21.2 Å². The fraction of sp³-hybridized carbons (Fsp3) is 0.417. The van der Waals surface area contributed by atoms with Gasteiger partial charge in [0, 0.05) is 22.6 Å². The van der Waals surface area contributed by atoms with Crippen LogP contribution in [0.4, 0.5) is 5.69 Å². The third-order valence-corrected chi connectivity index (χ3v) is 7.59. The highest BCUT2D eigenvalue weighted by Gasteiger charge is 2.31. The molecule has 34 heavy (non-hydrogen) atoms. The Bertz CT molecular complexity index is 1110. The van der Waals surface area contributed by atoms with E-state index < -0.39 is 28.5 Å². The third kappa shape index (κ3) is 7.71. The number of nitrogens with one attached hydrogen (secondary N) is 1. The van der Waals surface area contributed by atoms with Gasteiger partial charge in [0.1, 0.15) is 12.6 Å². The molecule has 0 radical (unpaired) electrons. The van der Waals surface area contributed by atoms with Crippen LogP contribution in [0.2, 0.25) is 5.02 Å². The Balaban J connectivity index is 2.43. The van der Waals surface area contributed by atoms with Crippen molar-refractivity contribution in [3.8, 4) is 0 Å². The van der Waals surface area contributed by atoms with Gasteiger partial charge < -0.3 is 10.2 Å². The Labute approximate surface area is 215 Å². The number of sulfonamides is 1. The number of aryl methyl sites for hydroxylation is 1. The number of benzene rings is 2. The van der Waals surface area contributed by atoms with Crippen LogP contribution in [-0.4, -0.2) is 50.5 Å². The molecule has 0 aliphatic heterocycles. The van der Waals surface area contributed by atoms with Crippen LogP contribution in [0.3, 0.4) is 0 Å². The number of halogens is 2. The number of hydrogen-bond donors (Lipinski definition) is 1. The second-order valence-corrected chi connectivity index (χ2v) is 11.3. The molecule has 0 spiro atoms. The summed E-state index contributed by atoms with van der Waals surface area (Å²) in [6.45, 7) is 5.82. The molecule has 186 valence electrons. The van der Waals surface area contributed by atoms with Gasteiger partial charge in [0.25, 0.3) is 0 Å². The molecular formula is C24H31BrClN3O4S. The first kappa shape index (κ1) is 28.1. The smallest absolute Gasteiger partial charge is 0.244 e. The minimum absolute atomic E-state index is 0.144. The molecule has 0 bridgehead atoms. The van der Waals surface area contributed by atoms with E-state index in [-0.39, 0.29) is 12.5 Å².